The summed E-state index contributed by atoms with van der Waals surface area (Å²) in [6.07, 6.45) is 34.1. The summed E-state index contributed by atoms with van der Waals surface area (Å²) in [4.78, 5) is 23.4. The normalized spacial score (nSPS) is 12.1. The van der Waals surface area contributed by atoms with Crippen LogP contribution in [0, 0.1) is 0 Å². The van der Waals surface area contributed by atoms with Crippen LogP contribution in [0.1, 0.15) is 200 Å². The van der Waals surface area contributed by atoms with Crippen LogP contribution in [0.2, 0.25) is 0 Å². The molecule has 0 heterocycles. The number of carbonyl (C=O) groups excluding carboxylic acids is 1. The quantitative estimate of drug-likeness (QED) is 0.0704. The number of esters is 1. The molecule has 0 saturated carbocycles. The fraction of sp³-hybridized carbons (Fsp3) is 0.941. The van der Waals surface area contributed by atoms with Gasteiger partial charge in [-0.1, -0.05) is 168 Å². The minimum absolute atomic E-state index is 0.0677. The molecular formula is C34H66O4. The lowest BCUT2D eigenvalue weighted by molar-refractivity contribution is -0.153. The molecule has 226 valence electrons. The lowest BCUT2D eigenvalue weighted by Crippen LogP contribution is -2.21. The number of carbonyl (C=O) groups is 2. The van der Waals surface area contributed by atoms with Gasteiger partial charge in [-0.05, 0) is 19.3 Å². The van der Waals surface area contributed by atoms with Crippen molar-refractivity contribution in [1.29, 1.82) is 0 Å². The minimum atomic E-state index is -0.878. The molecule has 0 aromatic carbocycles. The molecule has 4 nitrogen and oxygen atoms in total. The van der Waals surface area contributed by atoms with Crippen LogP contribution < -0.4 is 0 Å². The zero-order chi connectivity index (χ0) is 27.9. The molecule has 0 aliphatic carbocycles. The second kappa shape index (κ2) is 30.5. The number of hydrogen-bond donors (Lipinski definition) is 1. The third kappa shape index (κ3) is 29.5. The van der Waals surface area contributed by atoms with Gasteiger partial charge >= 0.3 is 11.9 Å². The van der Waals surface area contributed by atoms with Gasteiger partial charge in [0.25, 0.3) is 0 Å². The van der Waals surface area contributed by atoms with Gasteiger partial charge in [0.1, 0.15) is 6.10 Å². The van der Waals surface area contributed by atoms with Crippen LogP contribution in [0.4, 0.5) is 0 Å². The molecule has 0 spiro atoms. The molecule has 0 bridgehead atoms. The number of carboxylic acids is 1. The lowest BCUT2D eigenvalue weighted by atomic mass is 10.0. The van der Waals surface area contributed by atoms with Crippen molar-refractivity contribution in [3.8, 4) is 0 Å². The van der Waals surface area contributed by atoms with Crippen molar-refractivity contribution in [2.24, 2.45) is 0 Å². The van der Waals surface area contributed by atoms with Crippen LogP contribution in [0.15, 0.2) is 0 Å². The highest BCUT2D eigenvalue weighted by molar-refractivity contribution is 5.71. The van der Waals surface area contributed by atoms with Gasteiger partial charge in [-0.25, -0.2) is 0 Å². The second-order valence-electron chi connectivity index (χ2n) is 11.7. The fourth-order valence-corrected chi connectivity index (χ4v) is 5.32. The second-order valence-corrected chi connectivity index (χ2v) is 11.7. The van der Waals surface area contributed by atoms with E-state index in [0.29, 0.717) is 12.8 Å². The Balaban J connectivity index is 3.58. The highest BCUT2D eigenvalue weighted by atomic mass is 16.5. The van der Waals surface area contributed by atoms with E-state index in [1.54, 1.807) is 0 Å². The molecule has 0 aromatic heterocycles. The topological polar surface area (TPSA) is 63.6 Å². The third-order valence-electron chi connectivity index (χ3n) is 7.81. The summed E-state index contributed by atoms with van der Waals surface area (Å²) in [5, 5.41) is 9.18. The predicted molar refractivity (Wildman–Crippen MR) is 163 cm³/mol. The van der Waals surface area contributed by atoms with Crippen molar-refractivity contribution in [1.82, 2.24) is 0 Å². The molecule has 1 N–H and O–H groups in total. The van der Waals surface area contributed by atoms with Crippen molar-refractivity contribution < 1.29 is 19.4 Å². The zero-order valence-electron chi connectivity index (χ0n) is 25.8. The first-order valence-electron chi connectivity index (χ1n) is 17.0. The number of carboxylic acid groups (broad SMARTS) is 1. The van der Waals surface area contributed by atoms with Crippen LogP contribution in [-0.4, -0.2) is 23.1 Å². The van der Waals surface area contributed by atoms with E-state index in [0.717, 1.165) is 25.7 Å². The van der Waals surface area contributed by atoms with E-state index in [4.69, 9.17) is 4.74 Å². The molecule has 0 radical (unpaired) electrons. The number of rotatable bonds is 31. The standard InChI is InChI=1S/C34H66O4/c1-3-5-7-9-11-13-14-15-16-17-18-19-20-22-24-26-28-30-34(37)38-32(31-33(35)36)29-27-25-23-21-12-10-8-6-4-2/h32H,3-31H2,1-2H3,(H,35,36). The van der Waals surface area contributed by atoms with E-state index in [-0.39, 0.29) is 12.4 Å². The van der Waals surface area contributed by atoms with E-state index in [9.17, 15) is 14.7 Å². The Labute approximate surface area is 237 Å². The SMILES string of the molecule is CCCCCCCCCCCCCCCCCCCC(=O)OC(CCCCCCCCCCC)CC(=O)O. The number of aliphatic carboxylic acids is 1. The van der Waals surface area contributed by atoms with Crippen LogP contribution >= 0.6 is 0 Å². The van der Waals surface area contributed by atoms with Gasteiger partial charge < -0.3 is 9.84 Å². The average molecular weight is 539 g/mol. The first kappa shape index (κ1) is 36.9. The maximum absolute atomic E-state index is 12.2. The summed E-state index contributed by atoms with van der Waals surface area (Å²) in [6.45, 7) is 4.52. The highest BCUT2D eigenvalue weighted by Crippen LogP contribution is 2.17. The van der Waals surface area contributed by atoms with E-state index in [1.165, 1.54) is 141 Å². The molecule has 38 heavy (non-hydrogen) atoms. The molecule has 4 heteroatoms. The van der Waals surface area contributed by atoms with Crippen LogP contribution in [0.5, 0.6) is 0 Å². The maximum atomic E-state index is 12.2. The fourth-order valence-electron chi connectivity index (χ4n) is 5.32. The average Bonchev–Trinajstić information content (AvgIpc) is 2.89. The maximum Gasteiger partial charge on any atom is 0.307 e. The number of unbranched alkanes of at least 4 members (excludes halogenated alkanes) is 24. The lowest BCUT2D eigenvalue weighted by Gasteiger charge is -2.16. The van der Waals surface area contributed by atoms with Crippen LogP contribution in [0.25, 0.3) is 0 Å². The molecule has 0 rings (SSSR count). The Morgan fingerprint density at radius 3 is 1.16 bits per heavy atom. The Kier molecular flexibility index (Phi) is 29.6. The van der Waals surface area contributed by atoms with Gasteiger partial charge in [0, 0.05) is 6.42 Å². The summed E-state index contributed by atoms with van der Waals surface area (Å²) in [7, 11) is 0. The van der Waals surface area contributed by atoms with Gasteiger partial charge in [-0.2, -0.15) is 0 Å². The van der Waals surface area contributed by atoms with Gasteiger partial charge in [0.05, 0.1) is 6.42 Å². The monoisotopic (exact) mass is 538 g/mol. The number of ether oxygens (including phenoxy) is 1. The van der Waals surface area contributed by atoms with Crippen molar-refractivity contribution in [2.75, 3.05) is 0 Å². The highest BCUT2D eigenvalue weighted by Gasteiger charge is 2.17. The van der Waals surface area contributed by atoms with E-state index >= 15 is 0 Å². The van der Waals surface area contributed by atoms with Gasteiger partial charge in [0.2, 0.25) is 0 Å². The molecule has 0 aliphatic heterocycles. The first-order chi connectivity index (χ1) is 18.6. The van der Waals surface area contributed by atoms with Crippen molar-refractivity contribution in [3.05, 3.63) is 0 Å². The van der Waals surface area contributed by atoms with Crippen LogP contribution in [-0.2, 0) is 14.3 Å². The molecule has 0 aliphatic rings. The van der Waals surface area contributed by atoms with Crippen LogP contribution in [0.3, 0.4) is 0 Å². The summed E-state index contributed by atoms with van der Waals surface area (Å²) >= 11 is 0. The summed E-state index contributed by atoms with van der Waals surface area (Å²) in [6, 6.07) is 0. The Morgan fingerprint density at radius 1 is 0.500 bits per heavy atom. The largest absolute Gasteiger partial charge is 0.481 e. The summed E-state index contributed by atoms with van der Waals surface area (Å²) in [5.74, 6) is -1.09. The Hall–Kier alpha value is -1.06. The Bertz CT molecular complexity index is 505. The first-order valence-corrected chi connectivity index (χ1v) is 17.0. The molecule has 0 amide bonds. The molecule has 0 saturated heterocycles. The van der Waals surface area contributed by atoms with E-state index in [1.807, 2.05) is 0 Å². The van der Waals surface area contributed by atoms with E-state index < -0.39 is 12.1 Å². The molecule has 0 fully saturated rings. The summed E-state index contributed by atoms with van der Waals surface area (Å²) < 4.78 is 5.54. The third-order valence-corrected chi connectivity index (χ3v) is 7.81. The molecule has 1 unspecified atom stereocenters. The van der Waals surface area contributed by atoms with Crippen molar-refractivity contribution in [2.45, 2.75) is 206 Å². The van der Waals surface area contributed by atoms with Crippen molar-refractivity contribution in [3.63, 3.8) is 0 Å². The smallest absolute Gasteiger partial charge is 0.307 e. The van der Waals surface area contributed by atoms with E-state index in [2.05, 4.69) is 13.8 Å². The zero-order valence-corrected chi connectivity index (χ0v) is 25.8. The van der Waals surface area contributed by atoms with Gasteiger partial charge in [-0.3, -0.25) is 9.59 Å². The van der Waals surface area contributed by atoms with Gasteiger partial charge in [0.15, 0.2) is 0 Å². The number of hydrogen-bond acceptors (Lipinski definition) is 3. The van der Waals surface area contributed by atoms with Crippen molar-refractivity contribution >= 4 is 11.9 Å². The Morgan fingerprint density at radius 2 is 0.816 bits per heavy atom. The van der Waals surface area contributed by atoms with Gasteiger partial charge in [-0.15, -0.1) is 0 Å². The molecule has 0 aromatic rings. The molecular weight excluding hydrogens is 472 g/mol. The summed E-state index contributed by atoms with van der Waals surface area (Å²) in [5.41, 5.74) is 0. The molecule has 1 atom stereocenters. The minimum Gasteiger partial charge on any atom is -0.481 e. The predicted octanol–water partition coefficient (Wildman–Crippen LogP) is 11.3.